The topological polar surface area (TPSA) is 26.3 Å². The quantitative estimate of drug-likeness (QED) is 0.670. The van der Waals surface area contributed by atoms with Gasteiger partial charge in [0.2, 0.25) is 0 Å². The highest BCUT2D eigenvalue weighted by Gasteiger charge is 2.08. The predicted molar refractivity (Wildman–Crippen MR) is 89.1 cm³/mol. The highest BCUT2D eigenvalue weighted by atomic mass is 79.9. The number of hydrogen-bond acceptors (Lipinski definition) is 2. The molecule has 3 heteroatoms. The lowest BCUT2D eigenvalue weighted by Gasteiger charge is -2.10. The molecule has 1 unspecified atom stereocenters. The second-order valence-electron chi connectivity index (χ2n) is 5.10. The van der Waals surface area contributed by atoms with Crippen LogP contribution in [-0.2, 0) is 0 Å². The van der Waals surface area contributed by atoms with E-state index in [4.69, 9.17) is 4.74 Å². The maximum absolute atomic E-state index is 12.0. The minimum absolute atomic E-state index is 0.0256. The fourth-order valence-electron chi connectivity index (χ4n) is 2.02. The number of ether oxygens (including phenoxy) is 1. The molecule has 0 amide bonds. The third-order valence-electron chi connectivity index (χ3n) is 3.58. The van der Waals surface area contributed by atoms with Gasteiger partial charge in [-0.15, -0.1) is 0 Å². The predicted octanol–water partition coefficient (Wildman–Crippen LogP) is 5.22. The van der Waals surface area contributed by atoms with Crippen LogP contribution in [0.5, 0.6) is 5.75 Å². The summed E-state index contributed by atoms with van der Waals surface area (Å²) in [6, 6.07) is 15.3. The van der Waals surface area contributed by atoms with Crippen LogP contribution in [0.2, 0.25) is 0 Å². The summed E-state index contributed by atoms with van der Waals surface area (Å²) in [5.41, 5.74) is 1.95. The summed E-state index contributed by atoms with van der Waals surface area (Å²) in [5, 5.41) is 0. The number of benzene rings is 2. The number of ketones is 1. The van der Waals surface area contributed by atoms with Gasteiger partial charge in [-0.2, -0.15) is 0 Å². The maximum Gasteiger partial charge on any atom is 0.200 e. The van der Waals surface area contributed by atoms with Crippen molar-refractivity contribution in [3.05, 3.63) is 64.1 Å². The Kier molecular flexibility index (Phi) is 5.57. The first-order valence-corrected chi connectivity index (χ1v) is 7.91. The summed E-state index contributed by atoms with van der Waals surface area (Å²) < 4.78 is 6.46. The molecule has 2 nitrogen and oxygen atoms in total. The van der Waals surface area contributed by atoms with Crippen LogP contribution in [0.25, 0.3) is 0 Å². The summed E-state index contributed by atoms with van der Waals surface area (Å²) in [6.07, 6.45) is 1.11. The lowest BCUT2D eigenvalue weighted by molar-refractivity contribution is 0.0921. The maximum atomic E-state index is 12.0. The standard InChI is InChI=1S/C18H19BrO2/c1-3-13(2)14-7-9-17(10-8-14)21-12-18(20)15-5-4-6-16(19)11-15/h4-11,13H,3,12H2,1-2H3. The van der Waals surface area contributed by atoms with Crippen molar-refractivity contribution in [1.82, 2.24) is 0 Å². The third kappa shape index (κ3) is 4.43. The van der Waals surface area contributed by atoms with Crippen LogP contribution in [-0.4, -0.2) is 12.4 Å². The first kappa shape index (κ1) is 15.8. The highest BCUT2D eigenvalue weighted by molar-refractivity contribution is 9.10. The summed E-state index contributed by atoms with van der Waals surface area (Å²) in [4.78, 5) is 12.0. The van der Waals surface area contributed by atoms with E-state index < -0.39 is 0 Å². The van der Waals surface area contributed by atoms with Gasteiger partial charge in [-0.05, 0) is 42.2 Å². The Bertz CT molecular complexity index is 605. The van der Waals surface area contributed by atoms with Crippen LogP contribution in [0.4, 0.5) is 0 Å². The fourth-order valence-corrected chi connectivity index (χ4v) is 2.42. The molecule has 0 aliphatic heterocycles. The molecule has 0 heterocycles. The average molecular weight is 347 g/mol. The molecule has 0 N–H and O–H groups in total. The van der Waals surface area contributed by atoms with Gasteiger partial charge in [0.15, 0.2) is 12.4 Å². The highest BCUT2D eigenvalue weighted by Crippen LogP contribution is 2.21. The fraction of sp³-hybridized carbons (Fsp3) is 0.278. The number of carbonyl (C=O) groups is 1. The average Bonchev–Trinajstić information content (AvgIpc) is 2.52. The summed E-state index contributed by atoms with van der Waals surface area (Å²) in [5.74, 6) is 1.25. The first-order chi connectivity index (χ1) is 10.1. The second kappa shape index (κ2) is 7.41. The second-order valence-corrected chi connectivity index (χ2v) is 6.02. The van der Waals surface area contributed by atoms with E-state index in [0.717, 1.165) is 16.6 Å². The van der Waals surface area contributed by atoms with E-state index in [9.17, 15) is 4.79 Å². The summed E-state index contributed by atoms with van der Waals surface area (Å²) >= 11 is 3.36. The van der Waals surface area contributed by atoms with Gasteiger partial charge in [0, 0.05) is 10.0 Å². The number of carbonyl (C=O) groups excluding carboxylic acids is 1. The largest absolute Gasteiger partial charge is 0.485 e. The molecular weight excluding hydrogens is 328 g/mol. The van der Waals surface area contributed by atoms with E-state index in [1.54, 1.807) is 12.1 Å². The molecule has 110 valence electrons. The SMILES string of the molecule is CCC(C)c1ccc(OCC(=O)c2cccc(Br)c2)cc1. The number of halogens is 1. The van der Waals surface area contributed by atoms with Gasteiger partial charge in [-0.25, -0.2) is 0 Å². The smallest absolute Gasteiger partial charge is 0.200 e. The number of rotatable bonds is 6. The molecule has 21 heavy (non-hydrogen) atoms. The summed E-state index contributed by atoms with van der Waals surface area (Å²) in [6.45, 7) is 4.43. The van der Waals surface area contributed by atoms with Crippen molar-refractivity contribution >= 4 is 21.7 Å². The molecular formula is C18H19BrO2. The first-order valence-electron chi connectivity index (χ1n) is 7.11. The minimum atomic E-state index is -0.0256. The molecule has 0 bridgehead atoms. The van der Waals surface area contributed by atoms with Gasteiger partial charge in [0.05, 0.1) is 0 Å². The molecule has 2 aromatic rings. The molecule has 0 saturated carbocycles. The van der Waals surface area contributed by atoms with Crippen LogP contribution in [0.3, 0.4) is 0 Å². The van der Waals surface area contributed by atoms with E-state index >= 15 is 0 Å². The molecule has 0 aliphatic rings. The molecule has 0 spiro atoms. The van der Waals surface area contributed by atoms with Crippen molar-refractivity contribution in [2.45, 2.75) is 26.2 Å². The zero-order valence-electron chi connectivity index (χ0n) is 12.3. The van der Waals surface area contributed by atoms with Crippen LogP contribution >= 0.6 is 15.9 Å². The van der Waals surface area contributed by atoms with E-state index in [1.165, 1.54) is 5.56 Å². The lowest BCUT2D eigenvalue weighted by Crippen LogP contribution is -2.11. The van der Waals surface area contributed by atoms with Crippen molar-refractivity contribution in [3.8, 4) is 5.75 Å². The van der Waals surface area contributed by atoms with Gasteiger partial charge in [-0.3, -0.25) is 4.79 Å². The van der Waals surface area contributed by atoms with Crippen LogP contribution in [0.1, 0.15) is 42.1 Å². The Morgan fingerprint density at radius 3 is 2.52 bits per heavy atom. The normalized spacial score (nSPS) is 12.0. The van der Waals surface area contributed by atoms with Crippen molar-refractivity contribution in [2.75, 3.05) is 6.61 Å². The Balaban J connectivity index is 1.95. The van der Waals surface area contributed by atoms with Crippen LogP contribution < -0.4 is 4.74 Å². The van der Waals surface area contributed by atoms with Gasteiger partial charge in [-0.1, -0.05) is 54.0 Å². The van der Waals surface area contributed by atoms with Gasteiger partial charge in [0.1, 0.15) is 5.75 Å². The van der Waals surface area contributed by atoms with Crippen molar-refractivity contribution in [2.24, 2.45) is 0 Å². The van der Waals surface area contributed by atoms with E-state index in [-0.39, 0.29) is 12.4 Å². The lowest BCUT2D eigenvalue weighted by atomic mass is 9.99. The van der Waals surface area contributed by atoms with E-state index in [0.29, 0.717) is 11.5 Å². The Morgan fingerprint density at radius 2 is 1.90 bits per heavy atom. The molecule has 0 aromatic heterocycles. The zero-order valence-corrected chi connectivity index (χ0v) is 13.9. The number of Topliss-reactive ketones (excluding diaryl/α,β-unsaturated/α-hetero) is 1. The Labute approximate surface area is 134 Å². The monoisotopic (exact) mass is 346 g/mol. The zero-order chi connectivity index (χ0) is 15.2. The van der Waals surface area contributed by atoms with Crippen LogP contribution in [0.15, 0.2) is 53.0 Å². The van der Waals surface area contributed by atoms with Gasteiger partial charge in [0.25, 0.3) is 0 Å². The molecule has 2 rings (SSSR count). The minimum Gasteiger partial charge on any atom is -0.485 e. The van der Waals surface area contributed by atoms with Gasteiger partial charge >= 0.3 is 0 Å². The summed E-state index contributed by atoms with van der Waals surface area (Å²) in [7, 11) is 0. The Morgan fingerprint density at radius 1 is 1.19 bits per heavy atom. The molecule has 1 atom stereocenters. The number of hydrogen-bond donors (Lipinski definition) is 0. The van der Waals surface area contributed by atoms with Crippen molar-refractivity contribution < 1.29 is 9.53 Å². The van der Waals surface area contributed by atoms with Crippen LogP contribution in [0, 0.1) is 0 Å². The molecule has 0 aliphatic carbocycles. The van der Waals surface area contributed by atoms with E-state index in [2.05, 4.69) is 41.9 Å². The molecule has 0 fully saturated rings. The van der Waals surface area contributed by atoms with E-state index in [1.807, 2.05) is 24.3 Å². The molecule has 0 saturated heterocycles. The molecule has 2 aromatic carbocycles. The molecule has 0 radical (unpaired) electrons. The third-order valence-corrected chi connectivity index (χ3v) is 4.07. The van der Waals surface area contributed by atoms with Gasteiger partial charge < -0.3 is 4.74 Å². The van der Waals surface area contributed by atoms with Crippen molar-refractivity contribution in [3.63, 3.8) is 0 Å². The van der Waals surface area contributed by atoms with Crippen molar-refractivity contribution in [1.29, 1.82) is 0 Å². The Hall–Kier alpha value is -1.61.